The lowest BCUT2D eigenvalue weighted by Crippen LogP contribution is -2.33. The van der Waals surface area contributed by atoms with Crippen LogP contribution in [0.15, 0.2) is 17.5 Å². The highest BCUT2D eigenvalue weighted by atomic mass is 32.2. The van der Waals surface area contributed by atoms with Crippen molar-refractivity contribution in [3.63, 3.8) is 0 Å². The number of hydrogen-bond acceptors (Lipinski definition) is 3. The second kappa shape index (κ2) is 5.79. The van der Waals surface area contributed by atoms with Crippen LogP contribution in [0.2, 0.25) is 0 Å². The van der Waals surface area contributed by atoms with E-state index in [-0.39, 0.29) is 0 Å². The maximum atomic E-state index is 3.65. The standard InChI is InChI=1S/C11H17NS2/c1-2-11(14-7-1)3-6-12-10-4-8-13-9-5-10/h1-2,7,10,12H,3-6,8-9H2. The zero-order valence-corrected chi connectivity index (χ0v) is 10.0. The molecule has 0 aromatic carbocycles. The summed E-state index contributed by atoms with van der Waals surface area (Å²) in [5, 5.41) is 5.81. The summed E-state index contributed by atoms with van der Waals surface area (Å²) >= 11 is 3.96. The maximum absolute atomic E-state index is 3.65. The molecule has 1 nitrogen and oxygen atoms in total. The Morgan fingerprint density at radius 2 is 2.21 bits per heavy atom. The summed E-state index contributed by atoms with van der Waals surface area (Å²) in [6.45, 7) is 1.15. The number of nitrogens with one attached hydrogen (secondary N) is 1. The predicted molar refractivity (Wildman–Crippen MR) is 66.4 cm³/mol. The van der Waals surface area contributed by atoms with Crippen molar-refractivity contribution in [3.05, 3.63) is 22.4 Å². The van der Waals surface area contributed by atoms with Crippen LogP contribution in [-0.4, -0.2) is 24.1 Å². The molecule has 1 aliphatic heterocycles. The Morgan fingerprint density at radius 3 is 2.93 bits per heavy atom. The Bertz CT molecular complexity index is 240. The number of thiophene rings is 1. The third-order valence-corrected chi connectivity index (χ3v) is 4.59. The van der Waals surface area contributed by atoms with Crippen LogP contribution in [-0.2, 0) is 6.42 Å². The van der Waals surface area contributed by atoms with Crippen molar-refractivity contribution < 1.29 is 0 Å². The van der Waals surface area contributed by atoms with Crippen molar-refractivity contribution in [2.75, 3.05) is 18.1 Å². The smallest absolute Gasteiger partial charge is 0.00829 e. The van der Waals surface area contributed by atoms with Gasteiger partial charge in [-0.2, -0.15) is 11.8 Å². The largest absolute Gasteiger partial charge is 0.314 e. The Hall–Kier alpha value is 0.01000. The molecule has 2 heterocycles. The van der Waals surface area contributed by atoms with Gasteiger partial charge in [-0.05, 0) is 42.2 Å². The van der Waals surface area contributed by atoms with E-state index in [0.717, 1.165) is 12.6 Å². The van der Waals surface area contributed by atoms with E-state index in [1.54, 1.807) is 0 Å². The van der Waals surface area contributed by atoms with Crippen molar-refractivity contribution in [1.29, 1.82) is 0 Å². The minimum Gasteiger partial charge on any atom is -0.314 e. The Labute approximate surface area is 94.3 Å². The van der Waals surface area contributed by atoms with Gasteiger partial charge in [-0.1, -0.05) is 6.07 Å². The van der Waals surface area contributed by atoms with Crippen LogP contribution in [0.4, 0.5) is 0 Å². The molecule has 3 heteroatoms. The molecule has 0 atom stereocenters. The fourth-order valence-electron chi connectivity index (χ4n) is 1.76. The van der Waals surface area contributed by atoms with Gasteiger partial charge in [0.2, 0.25) is 0 Å². The predicted octanol–water partition coefficient (Wildman–Crippen LogP) is 2.78. The lowest BCUT2D eigenvalue weighted by Gasteiger charge is -2.22. The van der Waals surface area contributed by atoms with Gasteiger partial charge in [-0.15, -0.1) is 11.3 Å². The monoisotopic (exact) mass is 227 g/mol. The topological polar surface area (TPSA) is 12.0 Å². The Kier molecular flexibility index (Phi) is 4.35. The molecule has 0 aliphatic carbocycles. The molecule has 1 saturated heterocycles. The molecule has 1 aromatic rings. The van der Waals surface area contributed by atoms with Crippen molar-refractivity contribution in [1.82, 2.24) is 5.32 Å². The van der Waals surface area contributed by atoms with E-state index in [2.05, 4.69) is 34.6 Å². The van der Waals surface area contributed by atoms with Crippen LogP contribution in [0.25, 0.3) is 0 Å². The van der Waals surface area contributed by atoms with Gasteiger partial charge in [0.15, 0.2) is 0 Å². The van der Waals surface area contributed by atoms with Crippen LogP contribution >= 0.6 is 23.1 Å². The first-order chi connectivity index (χ1) is 6.95. The molecule has 1 N–H and O–H groups in total. The normalized spacial score (nSPS) is 18.6. The van der Waals surface area contributed by atoms with Gasteiger partial charge in [-0.3, -0.25) is 0 Å². The van der Waals surface area contributed by atoms with Crippen LogP contribution < -0.4 is 5.32 Å². The van der Waals surface area contributed by atoms with Crippen LogP contribution in [0.3, 0.4) is 0 Å². The maximum Gasteiger partial charge on any atom is 0.00829 e. The quantitative estimate of drug-likeness (QED) is 0.849. The van der Waals surface area contributed by atoms with Gasteiger partial charge >= 0.3 is 0 Å². The van der Waals surface area contributed by atoms with E-state index in [1.807, 2.05) is 11.3 Å². The van der Waals surface area contributed by atoms with Crippen LogP contribution in [0.1, 0.15) is 17.7 Å². The first-order valence-electron chi connectivity index (χ1n) is 5.28. The average Bonchev–Trinajstić information content (AvgIpc) is 2.72. The van der Waals surface area contributed by atoms with Gasteiger partial charge in [0.25, 0.3) is 0 Å². The fourth-order valence-corrected chi connectivity index (χ4v) is 3.57. The van der Waals surface area contributed by atoms with Gasteiger partial charge in [0.05, 0.1) is 0 Å². The van der Waals surface area contributed by atoms with Gasteiger partial charge in [-0.25, -0.2) is 0 Å². The Balaban J connectivity index is 1.62. The number of thioether (sulfide) groups is 1. The minimum atomic E-state index is 0.788. The summed E-state index contributed by atoms with van der Waals surface area (Å²) < 4.78 is 0. The molecular weight excluding hydrogens is 210 g/mol. The second-order valence-corrected chi connectivity index (χ2v) is 5.93. The lowest BCUT2D eigenvalue weighted by molar-refractivity contribution is 0.487. The number of hydrogen-bond donors (Lipinski definition) is 1. The zero-order valence-electron chi connectivity index (χ0n) is 8.37. The lowest BCUT2D eigenvalue weighted by atomic mass is 10.1. The summed E-state index contributed by atoms with van der Waals surface area (Å²) in [6, 6.07) is 5.15. The molecule has 78 valence electrons. The highest BCUT2D eigenvalue weighted by Gasteiger charge is 2.12. The van der Waals surface area contributed by atoms with Crippen molar-refractivity contribution in [2.24, 2.45) is 0 Å². The average molecular weight is 227 g/mol. The SMILES string of the molecule is c1csc(CCNC2CCSCC2)c1. The van der Waals surface area contributed by atoms with E-state index in [1.165, 1.54) is 35.6 Å². The first kappa shape index (κ1) is 10.5. The van der Waals surface area contributed by atoms with Gasteiger partial charge < -0.3 is 5.32 Å². The summed E-state index contributed by atoms with van der Waals surface area (Å²) in [5.41, 5.74) is 0. The van der Waals surface area contributed by atoms with Crippen molar-refractivity contribution in [2.45, 2.75) is 25.3 Å². The molecule has 2 rings (SSSR count). The first-order valence-corrected chi connectivity index (χ1v) is 7.32. The van der Waals surface area contributed by atoms with E-state index in [9.17, 15) is 0 Å². The highest BCUT2D eigenvalue weighted by Crippen LogP contribution is 2.17. The third kappa shape index (κ3) is 3.30. The summed E-state index contributed by atoms with van der Waals surface area (Å²) in [4.78, 5) is 1.50. The van der Waals surface area contributed by atoms with E-state index in [0.29, 0.717) is 0 Å². The summed E-state index contributed by atoms with van der Waals surface area (Å²) in [5.74, 6) is 2.69. The fraction of sp³-hybridized carbons (Fsp3) is 0.636. The van der Waals surface area contributed by atoms with Gasteiger partial charge in [0, 0.05) is 17.5 Å². The molecule has 0 saturated carbocycles. The molecule has 1 fully saturated rings. The van der Waals surface area contributed by atoms with Crippen molar-refractivity contribution >= 4 is 23.1 Å². The summed E-state index contributed by atoms with van der Waals surface area (Å²) in [7, 11) is 0. The molecule has 0 bridgehead atoms. The molecule has 1 aliphatic rings. The van der Waals surface area contributed by atoms with Crippen LogP contribution in [0, 0.1) is 0 Å². The van der Waals surface area contributed by atoms with Gasteiger partial charge in [0.1, 0.15) is 0 Å². The molecule has 0 radical (unpaired) electrons. The Morgan fingerprint density at radius 1 is 1.36 bits per heavy atom. The van der Waals surface area contributed by atoms with Crippen LogP contribution in [0.5, 0.6) is 0 Å². The molecular formula is C11H17NS2. The molecule has 1 aromatic heterocycles. The highest BCUT2D eigenvalue weighted by molar-refractivity contribution is 7.99. The molecule has 0 amide bonds. The van der Waals surface area contributed by atoms with Crippen molar-refractivity contribution in [3.8, 4) is 0 Å². The molecule has 0 unspecified atom stereocenters. The second-order valence-electron chi connectivity index (χ2n) is 3.67. The van der Waals surface area contributed by atoms with E-state index in [4.69, 9.17) is 0 Å². The third-order valence-electron chi connectivity index (χ3n) is 2.61. The minimum absolute atomic E-state index is 0.788. The summed E-state index contributed by atoms with van der Waals surface area (Å²) in [6.07, 6.45) is 3.91. The van der Waals surface area contributed by atoms with E-state index < -0.39 is 0 Å². The molecule has 14 heavy (non-hydrogen) atoms. The zero-order chi connectivity index (χ0) is 9.64. The number of rotatable bonds is 4. The van der Waals surface area contributed by atoms with E-state index >= 15 is 0 Å². The molecule has 0 spiro atoms.